The van der Waals surface area contributed by atoms with E-state index in [4.69, 9.17) is 43.4 Å². The summed E-state index contributed by atoms with van der Waals surface area (Å²) in [6.07, 6.45) is 2.15. The van der Waals surface area contributed by atoms with Crippen LogP contribution in [0.3, 0.4) is 0 Å². The monoisotopic (exact) mass is 358 g/mol. The molecule has 1 aromatic carbocycles. The van der Waals surface area contributed by atoms with E-state index in [1.807, 2.05) is 6.92 Å². The summed E-state index contributed by atoms with van der Waals surface area (Å²) in [7, 11) is 1.32. The summed E-state index contributed by atoms with van der Waals surface area (Å²) in [5.41, 5.74) is 0. The average Bonchev–Trinajstić information content (AvgIpc) is 2.75. The van der Waals surface area contributed by atoms with Crippen LogP contribution in [0, 0.1) is 0 Å². The smallest absolute Gasteiger partial charge is 0.262 e. The van der Waals surface area contributed by atoms with E-state index in [1.54, 1.807) is 0 Å². The third-order valence-electron chi connectivity index (χ3n) is 3.02. The molecular formula is C12H13Cl3O4S. The molecule has 112 valence electrons. The van der Waals surface area contributed by atoms with Gasteiger partial charge in [0.1, 0.15) is 22.3 Å². The third-order valence-corrected chi connectivity index (χ3v) is 5.36. The van der Waals surface area contributed by atoms with Crippen LogP contribution in [0.15, 0.2) is 17.0 Å². The summed E-state index contributed by atoms with van der Waals surface area (Å²) >= 11 is 11.9. The maximum Gasteiger partial charge on any atom is 0.262 e. The molecule has 1 saturated heterocycles. The lowest BCUT2D eigenvalue weighted by Gasteiger charge is -2.14. The van der Waals surface area contributed by atoms with E-state index in [-0.39, 0.29) is 27.1 Å². The number of hydrogen-bond acceptors (Lipinski definition) is 4. The lowest BCUT2D eigenvalue weighted by atomic mass is 10.2. The van der Waals surface area contributed by atoms with Crippen LogP contribution >= 0.6 is 33.9 Å². The van der Waals surface area contributed by atoms with E-state index in [0.29, 0.717) is 12.4 Å². The predicted octanol–water partition coefficient (Wildman–Crippen LogP) is 3.87. The molecular weight excluding hydrogens is 347 g/mol. The van der Waals surface area contributed by atoms with Gasteiger partial charge in [-0.1, -0.05) is 23.2 Å². The van der Waals surface area contributed by atoms with Crippen molar-refractivity contribution in [1.29, 1.82) is 0 Å². The van der Waals surface area contributed by atoms with Gasteiger partial charge in [0, 0.05) is 10.7 Å². The molecule has 1 fully saturated rings. The summed E-state index contributed by atoms with van der Waals surface area (Å²) in [6.45, 7) is 2.34. The quantitative estimate of drug-likeness (QED) is 0.766. The van der Waals surface area contributed by atoms with Gasteiger partial charge < -0.3 is 9.47 Å². The Hall–Kier alpha value is -0.200. The van der Waals surface area contributed by atoms with E-state index < -0.39 is 9.05 Å². The van der Waals surface area contributed by atoms with Crippen molar-refractivity contribution in [2.45, 2.75) is 36.9 Å². The highest BCUT2D eigenvalue weighted by Crippen LogP contribution is 2.38. The van der Waals surface area contributed by atoms with Gasteiger partial charge in [-0.2, -0.15) is 0 Å². The zero-order chi connectivity index (χ0) is 14.9. The Morgan fingerprint density at radius 2 is 2.00 bits per heavy atom. The van der Waals surface area contributed by atoms with Gasteiger partial charge in [-0.3, -0.25) is 0 Å². The molecule has 0 bridgehead atoms. The molecule has 1 aliphatic rings. The van der Waals surface area contributed by atoms with Crippen LogP contribution in [0.2, 0.25) is 10.0 Å². The molecule has 0 amide bonds. The van der Waals surface area contributed by atoms with Crippen LogP contribution in [0.4, 0.5) is 0 Å². The first-order valence-electron chi connectivity index (χ1n) is 6.00. The highest BCUT2D eigenvalue weighted by molar-refractivity contribution is 8.13. The van der Waals surface area contributed by atoms with E-state index in [1.165, 1.54) is 12.1 Å². The van der Waals surface area contributed by atoms with E-state index in [0.717, 1.165) is 12.8 Å². The fourth-order valence-electron chi connectivity index (χ4n) is 2.00. The van der Waals surface area contributed by atoms with Crippen molar-refractivity contribution in [3.05, 3.63) is 22.2 Å². The Kier molecular flexibility index (Phi) is 5.08. The van der Waals surface area contributed by atoms with Crippen LogP contribution in [0.1, 0.15) is 19.8 Å². The summed E-state index contributed by atoms with van der Waals surface area (Å²) in [4.78, 5) is -0.232. The molecule has 20 heavy (non-hydrogen) atoms. The lowest BCUT2D eigenvalue weighted by Crippen LogP contribution is -2.18. The molecule has 0 aliphatic carbocycles. The van der Waals surface area contributed by atoms with Crippen molar-refractivity contribution in [3.8, 4) is 5.75 Å². The third kappa shape index (κ3) is 3.71. The zero-order valence-corrected chi connectivity index (χ0v) is 13.7. The number of benzene rings is 1. The Balaban J connectivity index is 2.12. The second kappa shape index (κ2) is 6.28. The van der Waals surface area contributed by atoms with Crippen molar-refractivity contribution in [2.75, 3.05) is 6.61 Å². The van der Waals surface area contributed by atoms with Gasteiger partial charge in [0.2, 0.25) is 0 Å². The van der Waals surface area contributed by atoms with Gasteiger partial charge in [0.25, 0.3) is 9.05 Å². The molecule has 0 N–H and O–H groups in total. The Bertz CT molecular complexity index is 603. The summed E-state index contributed by atoms with van der Waals surface area (Å²) in [5, 5.41) is -0.112. The molecule has 1 heterocycles. The second-order valence-corrected chi connectivity index (χ2v) is 7.88. The zero-order valence-electron chi connectivity index (χ0n) is 10.6. The minimum atomic E-state index is -3.94. The van der Waals surface area contributed by atoms with Crippen molar-refractivity contribution >= 4 is 42.9 Å². The van der Waals surface area contributed by atoms with Crippen molar-refractivity contribution in [2.24, 2.45) is 0 Å². The molecule has 0 radical (unpaired) electrons. The number of hydrogen-bond donors (Lipinski definition) is 0. The van der Waals surface area contributed by atoms with Crippen LogP contribution in [0.25, 0.3) is 0 Å². The van der Waals surface area contributed by atoms with Crippen LogP contribution in [-0.4, -0.2) is 27.2 Å². The van der Waals surface area contributed by atoms with E-state index in [9.17, 15) is 8.42 Å². The maximum absolute atomic E-state index is 11.3. The largest absolute Gasteiger partial charge is 0.489 e. The number of rotatable bonds is 4. The fraction of sp³-hybridized carbons (Fsp3) is 0.500. The molecule has 4 nitrogen and oxygen atoms in total. The van der Waals surface area contributed by atoms with Crippen molar-refractivity contribution in [3.63, 3.8) is 0 Å². The fourth-order valence-corrected chi connectivity index (χ4v) is 3.79. The Morgan fingerprint density at radius 3 is 2.55 bits per heavy atom. The molecule has 1 aromatic rings. The van der Waals surface area contributed by atoms with Crippen LogP contribution < -0.4 is 4.74 Å². The van der Waals surface area contributed by atoms with Crippen molar-refractivity contribution in [1.82, 2.24) is 0 Å². The Labute approximate surface area is 132 Å². The van der Waals surface area contributed by atoms with Gasteiger partial charge >= 0.3 is 0 Å². The van der Waals surface area contributed by atoms with E-state index in [2.05, 4.69) is 0 Å². The number of ether oxygens (including phenoxy) is 2. The molecule has 0 saturated carbocycles. The van der Waals surface area contributed by atoms with Gasteiger partial charge in [-0.15, -0.1) is 0 Å². The van der Waals surface area contributed by atoms with E-state index >= 15 is 0 Å². The topological polar surface area (TPSA) is 52.6 Å². The average molecular weight is 360 g/mol. The van der Waals surface area contributed by atoms with Gasteiger partial charge in [-0.25, -0.2) is 8.42 Å². The van der Waals surface area contributed by atoms with Crippen LogP contribution in [-0.2, 0) is 13.8 Å². The number of halogens is 3. The second-order valence-electron chi connectivity index (χ2n) is 4.58. The molecule has 2 unspecified atom stereocenters. The van der Waals surface area contributed by atoms with Gasteiger partial charge in [0.15, 0.2) is 0 Å². The van der Waals surface area contributed by atoms with Crippen molar-refractivity contribution < 1.29 is 17.9 Å². The predicted molar refractivity (Wildman–Crippen MR) is 78.6 cm³/mol. The highest BCUT2D eigenvalue weighted by Gasteiger charge is 2.24. The van der Waals surface area contributed by atoms with Crippen LogP contribution in [0.5, 0.6) is 5.75 Å². The summed E-state index contributed by atoms with van der Waals surface area (Å²) < 4.78 is 33.7. The minimum Gasteiger partial charge on any atom is -0.489 e. The molecule has 2 atom stereocenters. The minimum absolute atomic E-state index is 0.0104. The molecule has 0 spiro atoms. The molecule has 8 heteroatoms. The van der Waals surface area contributed by atoms with Gasteiger partial charge in [0.05, 0.1) is 17.2 Å². The Morgan fingerprint density at radius 1 is 1.30 bits per heavy atom. The first kappa shape index (κ1) is 16.2. The standard InChI is InChI=1S/C12H13Cl3O4S/c1-7-2-3-8(19-7)6-18-9-4-5-10(20(15,16)17)12(14)11(9)13/h4-5,7-8H,2-3,6H2,1H3. The summed E-state index contributed by atoms with van der Waals surface area (Å²) in [6, 6.07) is 2.70. The van der Waals surface area contributed by atoms with Gasteiger partial charge in [-0.05, 0) is 31.9 Å². The highest BCUT2D eigenvalue weighted by atomic mass is 35.7. The lowest BCUT2D eigenvalue weighted by molar-refractivity contribution is 0.0265. The first-order chi connectivity index (χ1) is 9.29. The molecule has 2 rings (SSSR count). The normalized spacial score (nSPS) is 23.0. The summed E-state index contributed by atoms with van der Waals surface area (Å²) in [5.74, 6) is 0.309. The molecule has 1 aliphatic heterocycles. The SMILES string of the molecule is CC1CCC(COc2ccc(S(=O)(=O)Cl)c(Cl)c2Cl)O1. The molecule has 0 aromatic heterocycles. The first-order valence-corrected chi connectivity index (χ1v) is 9.06. The maximum atomic E-state index is 11.3.